The van der Waals surface area contributed by atoms with E-state index in [4.69, 9.17) is 10.5 Å². The molecule has 0 aliphatic carbocycles. The van der Waals surface area contributed by atoms with E-state index in [1.165, 1.54) is 18.2 Å². The van der Waals surface area contributed by atoms with Crippen molar-refractivity contribution in [3.05, 3.63) is 29.6 Å². The summed E-state index contributed by atoms with van der Waals surface area (Å²) in [6.07, 6.45) is 4.17. The van der Waals surface area contributed by atoms with Gasteiger partial charge in [-0.3, -0.25) is 9.59 Å². The minimum atomic E-state index is -0.461. The summed E-state index contributed by atoms with van der Waals surface area (Å²) in [6.45, 7) is 2.60. The highest BCUT2D eigenvalue weighted by atomic mass is 19.1. The lowest BCUT2D eigenvalue weighted by Gasteiger charge is -2.41. The molecular formula is C20H28FN3O3. The van der Waals surface area contributed by atoms with Gasteiger partial charge >= 0.3 is 0 Å². The first-order valence-corrected chi connectivity index (χ1v) is 9.60. The number of carbonyl (C=O) groups is 2. The predicted molar refractivity (Wildman–Crippen MR) is 100 cm³/mol. The van der Waals surface area contributed by atoms with Crippen molar-refractivity contribution in [1.82, 2.24) is 9.80 Å². The van der Waals surface area contributed by atoms with Crippen LogP contribution in [0.2, 0.25) is 0 Å². The monoisotopic (exact) mass is 377 g/mol. The van der Waals surface area contributed by atoms with Crippen molar-refractivity contribution in [3.8, 4) is 5.75 Å². The Morgan fingerprint density at radius 3 is 2.63 bits per heavy atom. The second-order valence-corrected chi connectivity index (χ2v) is 7.64. The average Bonchev–Trinajstić information content (AvgIpc) is 2.81. The number of likely N-dealkylation sites (tertiary alicyclic amines) is 2. The van der Waals surface area contributed by atoms with Gasteiger partial charge in [0.25, 0.3) is 5.91 Å². The molecule has 0 aromatic heterocycles. The Kier molecular flexibility index (Phi) is 5.99. The highest BCUT2D eigenvalue weighted by Crippen LogP contribution is 2.41. The summed E-state index contributed by atoms with van der Waals surface area (Å²) in [5, 5.41) is 0. The molecule has 148 valence electrons. The predicted octanol–water partition coefficient (Wildman–Crippen LogP) is 2.03. The van der Waals surface area contributed by atoms with Crippen LogP contribution in [0.4, 0.5) is 4.39 Å². The number of benzene rings is 1. The summed E-state index contributed by atoms with van der Waals surface area (Å²) < 4.78 is 19.2. The molecule has 27 heavy (non-hydrogen) atoms. The summed E-state index contributed by atoms with van der Waals surface area (Å²) in [5.41, 5.74) is 5.83. The zero-order valence-electron chi connectivity index (χ0n) is 15.9. The second-order valence-electron chi connectivity index (χ2n) is 7.64. The van der Waals surface area contributed by atoms with Crippen molar-refractivity contribution < 1.29 is 18.7 Å². The Bertz CT molecular complexity index is 702. The zero-order valence-corrected chi connectivity index (χ0v) is 15.9. The molecule has 7 heteroatoms. The Morgan fingerprint density at radius 2 is 1.93 bits per heavy atom. The van der Waals surface area contributed by atoms with E-state index in [0.717, 1.165) is 32.2 Å². The van der Waals surface area contributed by atoms with Gasteiger partial charge in [-0.2, -0.15) is 0 Å². The van der Waals surface area contributed by atoms with E-state index >= 15 is 0 Å². The normalized spacial score (nSPS) is 19.9. The Labute approximate surface area is 159 Å². The van der Waals surface area contributed by atoms with Crippen molar-refractivity contribution in [2.75, 3.05) is 39.8 Å². The molecular weight excluding hydrogens is 349 g/mol. The van der Waals surface area contributed by atoms with Crippen LogP contribution in [-0.2, 0) is 4.79 Å². The van der Waals surface area contributed by atoms with Gasteiger partial charge in [-0.25, -0.2) is 4.39 Å². The molecule has 0 unspecified atom stereocenters. The van der Waals surface area contributed by atoms with Crippen LogP contribution in [0, 0.1) is 11.2 Å². The molecule has 6 nitrogen and oxygen atoms in total. The quantitative estimate of drug-likeness (QED) is 0.871. The fourth-order valence-corrected chi connectivity index (χ4v) is 4.04. The van der Waals surface area contributed by atoms with Crippen molar-refractivity contribution in [3.63, 3.8) is 0 Å². The molecule has 1 aromatic rings. The molecule has 1 aromatic carbocycles. The van der Waals surface area contributed by atoms with E-state index in [1.54, 1.807) is 9.80 Å². The van der Waals surface area contributed by atoms with Gasteiger partial charge in [0.15, 0.2) is 0 Å². The lowest BCUT2D eigenvalue weighted by Crippen LogP contribution is -2.43. The maximum atomic E-state index is 13.7. The third-order valence-corrected chi connectivity index (χ3v) is 5.93. The zero-order chi connectivity index (χ0) is 19.4. The van der Waals surface area contributed by atoms with E-state index in [0.29, 0.717) is 31.8 Å². The fraction of sp³-hybridized carbons (Fsp3) is 0.600. The topological polar surface area (TPSA) is 75.9 Å². The molecule has 0 radical (unpaired) electrons. The van der Waals surface area contributed by atoms with Crippen molar-refractivity contribution in [1.29, 1.82) is 0 Å². The number of rotatable bonds is 4. The van der Waals surface area contributed by atoms with Crippen LogP contribution in [0.1, 0.15) is 42.5 Å². The Balaban J connectivity index is 1.68. The van der Waals surface area contributed by atoms with Gasteiger partial charge in [0.05, 0.1) is 5.56 Å². The van der Waals surface area contributed by atoms with E-state index < -0.39 is 5.82 Å². The Hall–Kier alpha value is -2.15. The molecule has 2 amide bonds. The first-order chi connectivity index (χ1) is 12.9. The van der Waals surface area contributed by atoms with Crippen LogP contribution in [-0.4, -0.2) is 61.4 Å². The smallest absolute Gasteiger partial charge is 0.257 e. The van der Waals surface area contributed by atoms with Gasteiger partial charge < -0.3 is 20.3 Å². The number of hydrogen-bond donors (Lipinski definition) is 1. The van der Waals surface area contributed by atoms with Gasteiger partial charge in [0, 0.05) is 39.6 Å². The second kappa shape index (κ2) is 8.25. The lowest BCUT2D eigenvalue weighted by atomic mass is 9.73. The summed E-state index contributed by atoms with van der Waals surface area (Å²) >= 11 is 0. The van der Waals surface area contributed by atoms with Crippen LogP contribution in [0.15, 0.2) is 18.2 Å². The van der Waals surface area contributed by atoms with Crippen LogP contribution >= 0.6 is 0 Å². The molecule has 2 fully saturated rings. The number of ether oxygens (including phenoxy) is 1. The number of nitrogens with two attached hydrogens (primary N) is 1. The highest BCUT2D eigenvalue weighted by molar-refractivity contribution is 5.97. The third kappa shape index (κ3) is 4.40. The van der Waals surface area contributed by atoms with E-state index in [1.807, 2.05) is 7.05 Å². The van der Waals surface area contributed by atoms with Gasteiger partial charge in [0.1, 0.15) is 18.2 Å². The number of hydrogen-bond acceptors (Lipinski definition) is 4. The first-order valence-electron chi connectivity index (χ1n) is 9.60. The maximum Gasteiger partial charge on any atom is 0.257 e. The van der Waals surface area contributed by atoms with Crippen LogP contribution in [0.25, 0.3) is 0 Å². The fourth-order valence-electron chi connectivity index (χ4n) is 4.04. The largest absolute Gasteiger partial charge is 0.491 e. The summed E-state index contributed by atoms with van der Waals surface area (Å²) in [6, 6.07) is 4.00. The molecule has 2 heterocycles. The highest BCUT2D eigenvalue weighted by Gasteiger charge is 2.38. The van der Waals surface area contributed by atoms with E-state index in [9.17, 15) is 14.0 Å². The van der Waals surface area contributed by atoms with Gasteiger partial charge in [-0.15, -0.1) is 0 Å². The summed E-state index contributed by atoms with van der Waals surface area (Å²) in [7, 11) is 1.85. The lowest BCUT2D eigenvalue weighted by molar-refractivity contribution is -0.129. The number of piperidine rings is 1. The van der Waals surface area contributed by atoms with Gasteiger partial charge in [0.2, 0.25) is 5.91 Å². The number of carbonyl (C=O) groups excluding carboxylic acids is 2. The first kappa shape index (κ1) is 19.6. The van der Waals surface area contributed by atoms with Crippen LogP contribution < -0.4 is 10.5 Å². The number of nitrogens with zero attached hydrogens (tertiary/aromatic N) is 2. The molecule has 2 aliphatic heterocycles. The summed E-state index contributed by atoms with van der Waals surface area (Å²) in [4.78, 5) is 28.5. The number of halogens is 1. The van der Waals surface area contributed by atoms with Crippen LogP contribution in [0.3, 0.4) is 0 Å². The van der Waals surface area contributed by atoms with Gasteiger partial charge in [-0.05, 0) is 49.3 Å². The minimum absolute atomic E-state index is 0.123. The van der Waals surface area contributed by atoms with Crippen molar-refractivity contribution in [2.24, 2.45) is 11.1 Å². The Morgan fingerprint density at radius 1 is 1.22 bits per heavy atom. The molecule has 0 bridgehead atoms. The molecule has 0 atom stereocenters. The molecule has 3 rings (SSSR count). The van der Waals surface area contributed by atoms with E-state index in [2.05, 4.69) is 0 Å². The van der Waals surface area contributed by atoms with Gasteiger partial charge in [-0.1, -0.05) is 0 Å². The summed E-state index contributed by atoms with van der Waals surface area (Å²) in [5.74, 6) is -0.101. The third-order valence-electron chi connectivity index (χ3n) is 5.93. The average molecular weight is 377 g/mol. The van der Waals surface area contributed by atoms with E-state index in [-0.39, 0.29) is 29.4 Å². The molecule has 2 saturated heterocycles. The molecule has 2 aliphatic rings. The molecule has 1 spiro atoms. The van der Waals surface area contributed by atoms with Crippen LogP contribution in [0.5, 0.6) is 5.75 Å². The molecule has 2 N–H and O–H groups in total. The minimum Gasteiger partial charge on any atom is -0.491 e. The van der Waals surface area contributed by atoms with Crippen molar-refractivity contribution in [2.45, 2.75) is 32.1 Å². The maximum absolute atomic E-state index is 13.7. The standard InChI is InChI=1S/C20H28FN3O3/c1-23-10-6-20(5-4-18(23)25)7-11-24(12-8-20)19(26)16-14-15(21)2-3-17(16)27-13-9-22/h2-3,14H,4-13,22H2,1H3. The van der Waals surface area contributed by atoms with Crippen molar-refractivity contribution >= 4 is 11.8 Å². The number of amides is 2. The molecule has 0 saturated carbocycles. The SMILES string of the molecule is CN1CCC2(CCC1=O)CCN(C(=O)c1cc(F)ccc1OCCN)CC2.